The number of urea groups is 1. The van der Waals surface area contributed by atoms with Crippen LogP contribution >= 0.6 is 0 Å². The second kappa shape index (κ2) is 5.07. The van der Waals surface area contributed by atoms with Gasteiger partial charge in [0.2, 0.25) is 0 Å². The quantitative estimate of drug-likeness (QED) is 0.722. The third-order valence-electron chi connectivity index (χ3n) is 2.97. The molecule has 0 saturated carbocycles. The molecule has 18 heavy (non-hydrogen) atoms. The molecule has 0 saturated heterocycles. The van der Waals surface area contributed by atoms with Crippen molar-refractivity contribution in [1.82, 2.24) is 20.2 Å². The molecule has 7 nitrogen and oxygen atoms in total. The van der Waals surface area contributed by atoms with Crippen LogP contribution in [-0.4, -0.2) is 44.6 Å². The third-order valence-corrected chi connectivity index (χ3v) is 2.97. The van der Waals surface area contributed by atoms with Gasteiger partial charge in [-0.25, -0.2) is 14.6 Å². The lowest BCUT2D eigenvalue weighted by molar-refractivity contribution is -0.142. The lowest BCUT2D eigenvalue weighted by atomic mass is 10.0. The SMILES string of the molecule is CCCNC(=O)N1Cc2[nH]cnc2CC1C(=O)O. The highest BCUT2D eigenvalue weighted by atomic mass is 16.4. The van der Waals surface area contributed by atoms with Gasteiger partial charge in [0.05, 0.1) is 24.3 Å². The molecule has 0 bridgehead atoms. The van der Waals surface area contributed by atoms with Crippen LogP contribution in [0.5, 0.6) is 0 Å². The number of imidazole rings is 1. The second-order valence-electron chi connectivity index (χ2n) is 4.25. The van der Waals surface area contributed by atoms with Crippen LogP contribution in [0.15, 0.2) is 6.33 Å². The van der Waals surface area contributed by atoms with Crippen molar-refractivity contribution in [2.45, 2.75) is 32.4 Å². The molecule has 0 fully saturated rings. The van der Waals surface area contributed by atoms with Gasteiger partial charge in [0.15, 0.2) is 0 Å². The highest BCUT2D eigenvalue weighted by Crippen LogP contribution is 2.20. The second-order valence-corrected chi connectivity index (χ2v) is 4.25. The number of carboxylic acids is 1. The molecule has 0 aromatic carbocycles. The molecule has 1 aliphatic rings. The van der Waals surface area contributed by atoms with Gasteiger partial charge in [0.1, 0.15) is 6.04 Å². The molecule has 1 unspecified atom stereocenters. The van der Waals surface area contributed by atoms with Crippen molar-refractivity contribution in [3.8, 4) is 0 Å². The van der Waals surface area contributed by atoms with E-state index in [1.54, 1.807) is 0 Å². The van der Waals surface area contributed by atoms with Gasteiger partial charge in [-0.15, -0.1) is 0 Å². The van der Waals surface area contributed by atoms with Gasteiger partial charge in [-0.05, 0) is 6.42 Å². The molecule has 1 aromatic rings. The Morgan fingerprint density at radius 1 is 1.67 bits per heavy atom. The maximum absolute atomic E-state index is 11.9. The van der Waals surface area contributed by atoms with Crippen LogP contribution in [0.25, 0.3) is 0 Å². The number of nitrogens with zero attached hydrogens (tertiary/aromatic N) is 2. The Kier molecular flexibility index (Phi) is 3.50. The maximum atomic E-state index is 11.9. The molecule has 98 valence electrons. The largest absolute Gasteiger partial charge is 0.480 e. The van der Waals surface area contributed by atoms with E-state index in [9.17, 15) is 14.7 Å². The van der Waals surface area contributed by atoms with E-state index in [1.165, 1.54) is 11.2 Å². The van der Waals surface area contributed by atoms with Crippen molar-refractivity contribution >= 4 is 12.0 Å². The number of carbonyl (C=O) groups is 2. The summed E-state index contributed by atoms with van der Waals surface area (Å²) in [6.45, 7) is 2.73. The summed E-state index contributed by atoms with van der Waals surface area (Å²) in [7, 11) is 0. The van der Waals surface area contributed by atoms with E-state index >= 15 is 0 Å². The van der Waals surface area contributed by atoms with Crippen LogP contribution in [0.1, 0.15) is 24.7 Å². The lowest BCUT2D eigenvalue weighted by Gasteiger charge is -2.32. The molecule has 7 heteroatoms. The fourth-order valence-electron chi connectivity index (χ4n) is 2.00. The fraction of sp³-hybridized carbons (Fsp3) is 0.545. The average Bonchev–Trinajstić information content (AvgIpc) is 2.81. The number of aromatic amines is 1. The number of carbonyl (C=O) groups excluding carboxylic acids is 1. The van der Waals surface area contributed by atoms with E-state index in [2.05, 4.69) is 15.3 Å². The number of aromatic nitrogens is 2. The number of nitrogens with one attached hydrogen (secondary N) is 2. The van der Waals surface area contributed by atoms with Gasteiger partial charge in [0, 0.05) is 13.0 Å². The van der Waals surface area contributed by atoms with Crippen LogP contribution in [0.2, 0.25) is 0 Å². The van der Waals surface area contributed by atoms with Gasteiger partial charge in [-0.2, -0.15) is 0 Å². The number of rotatable bonds is 3. The number of amides is 2. The average molecular weight is 252 g/mol. The molecule has 1 atom stereocenters. The predicted octanol–water partition coefficient (Wildman–Crippen LogP) is 0.341. The van der Waals surface area contributed by atoms with E-state index in [0.29, 0.717) is 6.54 Å². The van der Waals surface area contributed by atoms with Crippen LogP contribution < -0.4 is 5.32 Å². The first kappa shape index (κ1) is 12.4. The Balaban J connectivity index is 2.17. The third kappa shape index (κ3) is 2.29. The van der Waals surface area contributed by atoms with E-state index < -0.39 is 12.0 Å². The van der Waals surface area contributed by atoms with Crippen molar-refractivity contribution in [1.29, 1.82) is 0 Å². The molecule has 1 aliphatic heterocycles. The van der Waals surface area contributed by atoms with Crippen molar-refractivity contribution in [3.63, 3.8) is 0 Å². The smallest absolute Gasteiger partial charge is 0.326 e. The van der Waals surface area contributed by atoms with Gasteiger partial charge in [-0.3, -0.25) is 0 Å². The molecule has 0 radical (unpaired) electrons. The molecule has 1 aromatic heterocycles. The van der Waals surface area contributed by atoms with Gasteiger partial charge in [-0.1, -0.05) is 6.92 Å². The first-order valence-corrected chi connectivity index (χ1v) is 5.92. The number of hydrogen-bond donors (Lipinski definition) is 3. The summed E-state index contributed by atoms with van der Waals surface area (Å²) in [4.78, 5) is 31.5. The Bertz CT molecular complexity index is 457. The zero-order valence-corrected chi connectivity index (χ0v) is 10.1. The first-order chi connectivity index (χ1) is 8.63. The van der Waals surface area contributed by atoms with Crippen molar-refractivity contribution in [3.05, 3.63) is 17.7 Å². The van der Waals surface area contributed by atoms with Crippen LogP contribution in [0.4, 0.5) is 4.79 Å². The minimum atomic E-state index is -1.00. The van der Waals surface area contributed by atoms with Crippen molar-refractivity contribution < 1.29 is 14.7 Å². The van der Waals surface area contributed by atoms with E-state index in [-0.39, 0.29) is 19.0 Å². The topological polar surface area (TPSA) is 98.3 Å². The predicted molar refractivity (Wildman–Crippen MR) is 62.9 cm³/mol. The van der Waals surface area contributed by atoms with Crippen molar-refractivity contribution in [2.75, 3.05) is 6.54 Å². The summed E-state index contributed by atoms with van der Waals surface area (Å²) in [6.07, 6.45) is 2.58. The zero-order valence-electron chi connectivity index (χ0n) is 10.1. The number of hydrogen-bond acceptors (Lipinski definition) is 3. The van der Waals surface area contributed by atoms with E-state index in [4.69, 9.17) is 0 Å². The summed E-state index contributed by atoms with van der Waals surface area (Å²) >= 11 is 0. The van der Waals surface area contributed by atoms with Gasteiger partial charge >= 0.3 is 12.0 Å². The monoisotopic (exact) mass is 252 g/mol. The molecular weight excluding hydrogens is 236 g/mol. The fourth-order valence-corrected chi connectivity index (χ4v) is 2.00. The molecule has 3 N–H and O–H groups in total. The Morgan fingerprint density at radius 2 is 2.44 bits per heavy atom. The normalized spacial score (nSPS) is 18.3. The summed E-state index contributed by atoms with van der Waals surface area (Å²) in [5.41, 5.74) is 1.53. The molecule has 0 spiro atoms. The maximum Gasteiger partial charge on any atom is 0.326 e. The standard InChI is InChI=1S/C11H16N4O3/c1-2-3-12-11(18)15-5-8-7(13-6-14-8)4-9(15)10(16)17/h6,9H,2-5H2,1H3,(H,12,18)(H,13,14)(H,16,17). The number of aliphatic carboxylic acids is 1. The summed E-state index contributed by atoms with van der Waals surface area (Å²) < 4.78 is 0. The number of H-pyrrole nitrogens is 1. The molecule has 0 aliphatic carbocycles. The van der Waals surface area contributed by atoms with E-state index in [0.717, 1.165) is 17.8 Å². The van der Waals surface area contributed by atoms with Crippen LogP contribution in [-0.2, 0) is 17.8 Å². The Labute approximate surface area is 104 Å². The van der Waals surface area contributed by atoms with E-state index in [1.807, 2.05) is 6.92 Å². The first-order valence-electron chi connectivity index (χ1n) is 5.92. The van der Waals surface area contributed by atoms with Crippen LogP contribution in [0, 0.1) is 0 Å². The minimum Gasteiger partial charge on any atom is -0.480 e. The van der Waals surface area contributed by atoms with Crippen molar-refractivity contribution in [2.24, 2.45) is 0 Å². The summed E-state index contributed by atoms with van der Waals surface area (Å²) in [5, 5.41) is 11.9. The minimum absolute atomic E-state index is 0.244. The molecule has 2 heterocycles. The van der Waals surface area contributed by atoms with Gasteiger partial charge in [0.25, 0.3) is 0 Å². The molecule has 2 amide bonds. The highest BCUT2D eigenvalue weighted by Gasteiger charge is 2.35. The highest BCUT2D eigenvalue weighted by molar-refractivity contribution is 5.83. The zero-order chi connectivity index (χ0) is 13.1. The number of carboxylic acid groups (broad SMARTS) is 1. The van der Waals surface area contributed by atoms with Crippen LogP contribution in [0.3, 0.4) is 0 Å². The van der Waals surface area contributed by atoms with Gasteiger partial charge < -0.3 is 20.3 Å². The Hall–Kier alpha value is -2.05. The molecular formula is C11H16N4O3. The number of fused-ring (bicyclic) bond motifs is 1. The molecule has 2 rings (SSSR count). The lowest BCUT2D eigenvalue weighted by Crippen LogP contribution is -2.52. The summed E-state index contributed by atoms with van der Waals surface area (Å²) in [6, 6.07) is -1.19. The summed E-state index contributed by atoms with van der Waals surface area (Å²) in [5.74, 6) is -1.00. The Morgan fingerprint density at radius 3 is 3.11 bits per heavy atom.